The van der Waals surface area contributed by atoms with Crippen LogP contribution in [0.25, 0.3) is 11.3 Å². The molecule has 6 nitrogen and oxygen atoms in total. The highest BCUT2D eigenvalue weighted by Gasteiger charge is 2.28. The fraction of sp³-hybridized carbons (Fsp3) is 0.500. The zero-order valence-corrected chi connectivity index (χ0v) is 16.0. The maximum atomic E-state index is 14.6. The minimum absolute atomic E-state index is 0.0577. The van der Waals surface area contributed by atoms with Gasteiger partial charge >= 0.3 is 0 Å². The van der Waals surface area contributed by atoms with Crippen molar-refractivity contribution in [3.63, 3.8) is 0 Å². The fourth-order valence-corrected chi connectivity index (χ4v) is 3.97. The SMILES string of the molecule is COc1ccc(-c2nnc(N[C@@H]3C[C@@H](F)CN(C)C3)c3c2CCOC3)c(F)c1. The van der Waals surface area contributed by atoms with Crippen LogP contribution in [-0.4, -0.2) is 61.2 Å². The molecule has 0 bridgehead atoms. The summed E-state index contributed by atoms with van der Waals surface area (Å²) in [5.41, 5.74) is 2.70. The minimum Gasteiger partial charge on any atom is -0.497 e. The van der Waals surface area contributed by atoms with Crippen molar-refractivity contribution in [3.05, 3.63) is 35.1 Å². The highest BCUT2D eigenvalue weighted by Crippen LogP contribution is 2.34. The van der Waals surface area contributed by atoms with Gasteiger partial charge in [0, 0.05) is 42.7 Å². The third-order valence-corrected chi connectivity index (χ3v) is 5.28. The number of methoxy groups -OCH3 is 1. The molecule has 1 N–H and O–H groups in total. The van der Waals surface area contributed by atoms with E-state index >= 15 is 0 Å². The second-order valence-electron chi connectivity index (χ2n) is 7.40. The molecule has 4 rings (SSSR count). The summed E-state index contributed by atoms with van der Waals surface area (Å²) in [4.78, 5) is 1.96. The van der Waals surface area contributed by atoms with Gasteiger partial charge in [-0.3, -0.25) is 0 Å². The first-order valence-corrected chi connectivity index (χ1v) is 9.44. The van der Waals surface area contributed by atoms with Crippen LogP contribution in [0, 0.1) is 5.82 Å². The monoisotopic (exact) mass is 390 g/mol. The van der Waals surface area contributed by atoms with E-state index in [1.807, 2.05) is 11.9 Å². The van der Waals surface area contributed by atoms with Crippen molar-refractivity contribution in [1.82, 2.24) is 15.1 Å². The van der Waals surface area contributed by atoms with E-state index in [1.165, 1.54) is 13.2 Å². The number of halogens is 2. The van der Waals surface area contributed by atoms with Gasteiger partial charge < -0.3 is 19.7 Å². The first-order chi connectivity index (χ1) is 13.5. The molecular weight excluding hydrogens is 366 g/mol. The Balaban J connectivity index is 1.68. The van der Waals surface area contributed by atoms with Gasteiger partial charge in [0.25, 0.3) is 0 Å². The standard InChI is InChI=1S/C20H24F2N4O2/c1-26-9-12(21)7-13(10-26)23-20-17-11-28-6-5-15(17)19(24-25-20)16-4-3-14(27-2)8-18(16)22/h3-4,8,12-13H,5-7,9-11H2,1-2H3,(H,23,25)/t12-,13-/m1/s1. The van der Waals surface area contributed by atoms with Gasteiger partial charge in [-0.15, -0.1) is 10.2 Å². The van der Waals surface area contributed by atoms with Crippen LogP contribution in [0.2, 0.25) is 0 Å². The smallest absolute Gasteiger partial charge is 0.154 e. The topological polar surface area (TPSA) is 59.5 Å². The van der Waals surface area contributed by atoms with Crippen LogP contribution in [0.4, 0.5) is 14.6 Å². The number of fused-ring (bicyclic) bond motifs is 1. The molecule has 2 aliphatic rings. The number of aromatic nitrogens is 2. The quantitative estimate of drug-likeness (QED) is 0.866. The van der Waals surface area contributed by atoms with E-state index < -0.39 is 12.0 Å². The van der Waals surface area contributed by atoms with Crippen LogP contribution < -0.4 is 10.1 Å². The second kappa shape index (κ2) is 7.97. The summed E-state index contributed by atoms with van der Waals surface area (Å²) >= 11 is 0. The van der Waals surface area contributed by atoms with Crippen molar-refractivity contribution in [1.29, 1.82) is 0 Å². The van der Waals surface area contributed by atoms with Crippen LogP contribution in [0.5, 0.6) is 5.75 Å². The highest BCUT2D eigenvalue weighted by molar-refractivity contribution is 5.68. The number of likely N-dealkylation sites (tertiary alicyclic amines) is 1. The summed E-state index contributed by atoms with van der Waals surface area (Å²) in [6, 6.07) is 4.65. The lowest BCUT2D eigenvalue weighted by Crippen LogP contribution is -2.45. The molecule has 2 aliphatic heterocycles. The van der Waals surface area contributed by atoms with Gasteiger partial charge in [0.2, 0.25) is 0 Å². The lowest BCUT2D eigenvalue weighted by molar-refractivity contribution is 0.110. The summed E-state index contributed by atoms with van der Waals surface area (Å²) in [5.74, 6) is 0.643. The Morgan fingerprint density at radius 3 is 2.86 bits per heavy atom. The number of benzene rings is 1. The zero-order chi connectivity index (χ0) is 19.7. The number of alkyl halides is 1. The number of nitrogens with zero attached hydrogens (tertiary/aromatic N) is 3. The van der Waals surface area contributed by atoms with Crippen molar-refractivity contribution in [2.45, 2.75) is 31.7 Å². The minimum atomic E-state index is -0.871. The van der Waals surface area contributed by atoms with Crippen molar-refractivity contribution in [3.8, 4) is 17.0 Å². The maximum Gasteiger partial charge on any atom is 0.154 e. The van der Waals surface area contributed by atoms with Crippen molar-refractivity contribution >= 4 is 5.82 Å². The van der Waals surface area contributed by atoms with E-state index in [4.69, 9.17) is 9.47 Å². The van der Waals surface area contributed by atoms with Gasteiger partial charge in [-0.1, -0.05) is 0 Å². The molecule has 2 atom stereocenters. The number of rotatable bonds is 4. The van der Waals surface area contributed by atoms with E-state index in [-0.39, 0.29) is 6.04 Å². The Morgan fingerprint density at radius 1 is 1.25 bits per heavy atom. The fourth-order valence-electron chi connectivity index (χ4n) is 3.97. The lowest BCUT2D eigenvalue weighted by atomic mass is 9.97. The number of nitrogens with one attached hydrogen (secondary N) is 1. The number of likely N-dealkylation sites (N-methyl/N-ethyl adjacent to an activating group) is 1. The van der Waals surface area contributed by atoms with Gasteiger partial charge in [0.15, 0.2) is 5.82 Å². The van der Waals surface area contributed by atoms with E-state index in [0.717, 1.165) is 17.7 Å². The molecule has 1 saturated heterocycles. The molecule has 1 fully saturated rings. The zero-order valence-electron chi connectivity index (χ0n) is 16.0. The van der Waals surface area contributed by atoms with E-state index in [9.17, 15) is 8.78 Å². The molecule has 1 aromatic heterocycles. The maximum absolute atomic E-state index is 14.6. The molecule has 0 saturated carbocycles. The first kappa shape index (κ1) is 19.0. The van der Waals surface area contributed by atoms with Crippen LogP contribution in [-0.2, 0) is 17.8 Å². The average Bonchev–Trinajstić information content (AvgIpc) is 2.68. The Morgan fingerprint density at radius 2 is 2.11 bits per heavy atom. The predicted molar refractivity (Wildman–Crippen MR) is 102 cm³/mol. The number of anilines is 1. The molecule has 0 aliphatic carbocycles. The Kier molecular flexibility index (Phi) is 5.41. The van der Waals surface area contributed by atoms with Gasteiger partial charge in [-0.2, -0.15) is 0 Å². The molecule has 0 amide bonds. The van der Waals surface area contributed by atoms with Crippen molar-refractivity contribution in [2.24, 2.45) is 0 Å². The Hall–Kier alpha value is -2.32. The van der Waals surface area contributed by atoms with Gasteiger partial charge in [0.05, 0.1) is 26.0 Å². The van der Waals surface area contributed by atoms with Crippen LogP contribution in [0.15, 0.2) is 18.2 Å². The third-order valence-electron chi connectivity index (χ3n) is 5.28. The number of hydrogen-bond donors (Lipinski definition) is 1. The van der Waals surface area contributed by atoms with Crippen molar-refractivity contribution in [2.75, 3.05) is 39.2 Å². The average molecular weight is 390 g/mol. The summed E-state index contributed by atoms with van der Waals surface area (Å²) in [7, 11) is 3.40. The van der Waals surface area contributed by atoms with Crippen LogP contribution in [0.3, 0.4) is 0 Å². The Bertz CT molecular complexity index is 854. The molecule has 8 heteroatoms. The number of piperidine rings is 1. The van der Waals surface area contributed by atoms with E-state index in [2.05, 4.69) is 15.5 Å². The van der Waals surface area contributed by atoms with E-state index in [0.29, 0.717) is 55.4 Å². The van der Waals surface area contributed by atoms with Crippen LogP contribution in [0.1, 0.15) is 17.5 Å². The van der Waals surface area contributed by atoms with Gasteiger partial charge in [-0.05, 0) is 31.2 Å². The molecular formula is C20H24F2N4O2. The summed E-state index contributed by atoms with van der Waals surface area (Å²) in [6.07, 6.45) is 0.177. The molecule has 0 unspecified atom stereocenters. The predicted octanol–water partition coefficient (Wildman–Crippen LogP) is 2.82. The highest BCUT2D eigenvalue weighted by atomic mass is 19.1. The van der Waals surface area contributed by atoms with Crippen molar-refractivity contribution < 1.29 is 18.3 Å². The van der Waals surface area contributed by atoms with E-state index in [1.54, 1.807) is 12.1 Å². The summed E-state index contributed by atoms with van der Waals surface area (Å²) in [5, 5.41) is 12.0. The van der Waals surface area contributed by atoms with Gasteiger partial charge in [0.1, 0.15) is 17.7 Å². The van der Waals surface area contributed by atoms with Gasteiger partial charge in [-0.25, -0.2) is 8.78 Å². The molecule has 0 radical (unpaired) electrons. The third kappa shape index (κ3) is 3.79. The molecule has 1 aromatic carbocycles. The summed E-state index contributed by atoms with van der Waals surface area (Å²) < 4.78 is 39.2. The normalized spacial score (nSPS) is 22.6. The lowest BCUT2D eigenvalue weighted by Gasteiger charge is -2.33. The van der Waals surface area contributed by atoms with Crippen LogP contribution >= 0.6 is 0 Å². The second-order valence-corrected chi connectivity index (χ2v) is 7.40. The number of ether oxygens (including phenoxy) is 2. The molecule has 2 aromatic rings. The molecule has 3 heterocycles. The number of hydrogen-bond acceptors (Lipinski definition) is 6. The largest absolute Gasteiger partial charge is 0.497 e. The molecule has 28 heavy (non-hydrogen) atoms. The Labute approximate surface area is 162 Å². The first-order valence-electron chi connectivity index (χ1n) is 9.44. The molecule has 150 valence electrons. The molecule has 0 spiro atoms. The summed E-state index contributed by atoms with van der Waals surface area (Å²) in [6.45, 7) is 2.09.